The monoisotopic (exact) mass is 354 g/mol. The minimum atomic E-state index is -0.260. The Hall–Kier alpha value is -1.88. The number of aliphatic hydroxyl groups is 1. The van der Waals surface area contributed by atoms with E-state index < -0.39 is 0 Å². The molecule has 1 atom stereocenters. The molecule has 4 nitrogen and oxygen atoms in total. The van der Waals surface area contributed by atoms with Crippen LogP contribution in [0.3, 0.4) is 0 Å². The van der Waals surface area contributed by atoms with Gasteiger partial charge >= 0.3 is 0 Å². The summed E-state index contributed by atoms with van der Waals surface area (Å²) in [6.07, 6.45) is 0. The highest BCUT2D eigenvalue weighted by Crippen LogP contribution is 2.42. The molecule has 1 heterocycles. The first-order chi connectivity index (χ1) is 12.6. The Morgan fingerprint density at radius 1 is 1.04 bits per heavy atom. The van der Waals surface area contributed by atoms with Gasteiger partial charge in [0.1, 0.15) is 12.4 Å². The predicted molar refractivity (Wildman–Crippen MR) is 105 cm³/mol. The number of para-hydroxylation sites is 1. The molecule has 0 unspecified atom stereocenters. The number of ether oxygens (including phenoxy) is 1. The molecule has 2 aromatic carbocycles. The van der Waals surface area contributed by atoms with Crippen molar-refractivity contribution in [2.75, 3.05) is 32.8 Å². The fourth-order valence-electron chi connectivity index (χ4n) is 3.71. The number of rotatable bonds is 7. The van der Waals surface area contributed by atoms with E-state index in [0.717, 1.165) is 43.1 Å². The number of hydrogen-bond acceptors (Lipinski definition) is 4. The Bertz CT molecular complexity index is 682. The molecule has 26 heavy (non-hydrogen) atoms. The van der Waals surface area contributed by atoms with Gasteiger partial charge in [0.15, 0.2) is 0 Å². The lowest BCUT2D eigenvalue weighted by atomic mass is 9.79. The van der Waals surface area contributed by atoms with E-state index >= 15 is 0 Å². The number of nitrogens with one attached hydrogen (secondary N) is 1. The van der Waals surface area contributed by atoms with Crippen molar-refractivity contribution >= 4 is 0 Å². The largest absolute Gasteiger partial charge is 0.489 e. The van der Waals surface area contributed by atoms with Gasteiger partial charge in [-0.25, -0.2) is 0 Å². The Labute approximate surface area is 156 Å². The van der Waals surface area contributed by atoms with Crippen molar-refractivity contribution in [3.05, 3.63) is 65.7 Å². The van der Waals surface area contributed by atoms with Gasteiger partial charge in [0.05, 0.1) is 0 Å². The van der Waals surface area contributed by atoms with Crippen molar-refractivity contribution in [1.82, 2.24) is 10.2 Å². The van der Waals surface area contributed by atoms with Gasteiger partial charge in [-0.1, -0.05) is 62.4 Å². The van der Waals surface area contributed by atoms with E-state index in [-0.39, 0.29) is 18.1 Å². The molecule has 0 bridgehead atoms. The highest BCUT2D eigenvalue weighted by atomic mass is 16.5. The van der Waals surface area contributed by atoms with E-state index in [1.807, 2.05) is 30.3 Å². The molecule has 0 amide bonds. The van der Waals surface area contributed by atoms with Crippen LogP contribution < -0.4 is 10.1 Å². The van der Waals surface area contributed by atoms with E-state index in [1.165, 1.54) is 0 Å². The smallest absolute Gasteiger partial charge is 0.124 e. The molecule has 4 heteroatoms. The molecule has 1 aliphatic rings. The maximum absolute atomic E-state index is 10.1. The van der Waals surface area contributed by atoms with E-state index in [9.17, 15) is 5.11 Å². The minimum Gasteiger partial charge on any atom is -0.489 e. The summed E-state index contributed by atoms with van der Waals surface area (Å²) in [6, 6.07) is 18.6. The van der Waals surface area contributed by atoms with E-state index in [2.05, 4.69) is 48.3 Å². The zero-order chi connectivity index (χ0) is 18.4. The molecule has 0 aliphatic carbocycles. The van der Waals surface area contributed by atoms with Crippen LogP contribution in [0.2, 0.25) is 0 Å². The van der Waals surface area contributed by atoms with Gasteiger partial charge in [0, 0.05) is 49.8 Å². The van der Waals surface area contributed by atoms with Crippen LogP contribution in [0.25, 0.3) is 0 Å². The van der Waals surface area contributed by atoms with Crippen LogP contribution in [0.15, 0.2) is 54.6 Å². The average molecular weight is 354 g/mol. The van der Waals surface area contributed by atoms with Gasteiger partial charge in [0.2, 0.25) is 0 Å². The number of hydrogen-bond donors (Lipinski definition) is 2. The summed E-state index contributed by atoms with van der Waals surface area (Å²) in [5.74, 6) is 0.904. The zero-order valence-electron chi connectivity index (χ0n) is 15.8. The normalized spacial score (nSPS) is 17.0. The molecule has 1 saturated heterocycles. The maximum Gasteiger partial charge on any atom is 0.124 e. The third-order valence-corrected chi connectivity index (χ3v) is 5.12. The lowest BCUT2D eigenvalue weighted by Gasteiger charge is -2.44. The van der Waals surface area contributed by atoms with Crippen molar-refractivity contribution in [1.29, 1.82) is 0 Å². The second-order valence-corrected chi connectivity index (χ2v) is 7.65. The molecular formula is C22H30N2O2. The Morgan fingerprint density at radius 2 is 1.69 bits per heavy atom. The quantitative estimate of drug-likeness (QED) is 0.801. The first-order valence-corrected chi connectivity index (χ1v) is 9.43. The van der Waals surface area contributed by atoms with Gasteiger partial charge in [-0.3, -0.25) is 4.90 Å². The minimum absolute atomic E-state index is 0.113. The third-order valence-electron chi connectivity index (χ3n) is 5.12. The van der Waals surface area contributed by atoms with Gasteiger partial charge in [0.25, 0.3) is 0 Å². The Kier molecular flexibility index (Phi) is 6.30. The van der Waals surface area contributed by atoms with Crippen LogP contribution in [0.5, 0.6) is 5.75 Å². The molecule has 0 radical (unpaired) electrons. The standard InChI is InChI=1S/C22H30N2O2/c1-22(2,17-25)21(24-14-12-23-13-15-24)19-10-6-7-11-20(19)26-16-18-8-4-3-5-9-18/h3-11,21,23,25H,12-17H2,1-2H3/t21-/m1/s1. The fraction of sp³-hybridized carbons (Fsp3) is 0.455. The number of piperazine rings is 1. The molecule has 1 aliphatic heterocycles. The van der Waals surface area contributed by atoms with Crippen LogP contribution in [-0.2, 0) is 6.61 Å². The molecule has 0 aromatic heterocycles. The summed E-state index contributed by atoms with van der Waals surface area (Å²) in [4.78, 5) is 2.47. The molecule has 2 N–H and O–H groups in total. The summed E-state index contributed by atoms with van der Waals surface area (Å²) in [5, 5.41) is 13.5. The SMILES string of the molecule is CC(C)(CO)[C@@H](c1ccccc1OCc1ccccc1)N1CCNCC1. The Balaban J connectivity index is 1.88. The molecule has 2 aromatic rings. The summed E-state index contributed by atoms with van der Waals surface area (Å²) < 4.78 is 6.21. The van der Waals surface area contributed by atoms with Crippen LogP contribution in [-0.4, -0.2) is 42.8 Å². The van der Waals surface area contributed by atoms with E-state index in [0.29, 0.717) is 6.61 Å². The fourth-order valence-corrected chi connectivity index (χ4v) is 3.71. The second-order valence-electron chi connectivity index (χ2n) is 7.65. The lowest BCUT2D eigenvalue weighted by molar-refractivity contribution is 0.0288. The summed E-state index contributed by atoms with van der Waals surface area (Å²) >= 11 is 0. The van der Waals surface area contributed by atoms with Gasteiger partial charge in [-0.15, -0.1) is 0 Å². The van der Waals surface area contributed by atoms with Gasteiger partial charge in [-0.2, -0.15) is 0 Å². The first kappa shape index (κ1) is 18.9. The summed E-state index contributed by atoms with van der Waals surface area (Å²) in [7, 11) is 0. The molecular weight excluding hydrogens is 324 g/mol. The van der Waals surface area contributed by atoms with Crippen LogP contribution in [0.4, 0.5) is 0 Å². The molecule has 3 rings (SSSR count). The second kappa shape index (κ2) is 8.67. The van der Waals surface area contributed by atoms with Gasteiger partial charge in [-0.05, 0) is 11.6 Å². The van der Waals surface area contributed by atoms with Crippen molar-refractivity contribution in [3.8, 4) is 5.75 Å². The number of nitrogens with zero attached hydrogens (tertiary/aromatic N) is 1. The third kappa shape index (κ3) is 4.44. The molecule has 1 fully saturated rings. The molecule has 0 spiro atoms. The highest BCUT2D eigenvalue weighted by molar-refractivity contribution is 5.37. The van der Waals surface area contributed by atoms with E-state index in [1.54, 1.807) is 0 Å². The predicted octanol–water partition coefficient (Wildman–Crippen LogP) is 3.23. The van der Waals surface area contributed by atoms with Crippen molar-refractivity contribution < 1.29 is 9.84 Å². The zero-order valence-corrected chi connectivity index (χ0v) is 15.8. The Morgan fingerprint density at radius 3 is 2.38 bits per heavy atom. The van der Waals surface area contributed by atoms with Crippen molar-refractivity contribution in [2.24, 2.45) is 5.41 Å². The van der Waals surface area contributed by atoms with Crippen molar-refractivity contribution in [3.63, 3.8) is 0 Å². The average Bonchev–Trinajstić information content (AvgIpc) is 2.69. The lowest BCUT2D eigenvalue weighted by Crippen LogP contribution is -2.49. The molecule has 140 valence electrons. The highest BCUT2D eigenvalue weighted by Gasteiger charge is 2.37. The van der Waals surface area contributed by atoms with Crippen LogP contribution in [0.1, 0.15) is 31.0 Å². The number of aliphatic hydroxyl groups excluding tert-OH is 1. The summed E-state index contributed by atoms with van der Waals surface area (Å²) in [6.45, 7) is 8.85. The van der Waals surface area contributed by atoms with Crippen LogP contribution >= 0.6 is 0 Å². The van der Waals surface area contributed by atoms with Crippen molar-refractivity contribution in [2.45, 2.75) is 26.5 Å². The molecule has 0 saturated carbocycles. The van der Waals surface area contributed by atoms with Gasteiger partial charge < -0.3 is 15.2 Å². The topological polar surface area (TPSA) is 44.7 Å². The summed E-state index contributed by atoms with van der Waals surface area (Å²) in [5.41, 5.74) is 2.05. The first-order valence-electron chi connectivity index (χ1n) is 9.43. The van der Waals surface area contributed by atoms with Crippen LogP contribution in [0, 0.1) is 5.41 Å². The number of benzene rings is 2. The maximum atomic E-state index is 10.1. The van der Waals surface area contributed by atoms with E-state index in [4.69, 9.17) is 4.74 Å².